The van der Waals surface area contributed by atoms with Crippen LogP contribution < -0.4 is 4.90 Å². The maximum absolute atomic E-state index is 13.9. The molecule has 0 spiro atoms. The molecule has 4 heterocycles. The van der Waals surface area contributed by atoms with E-state index in [0.717, 1.165) is 98.4 Å². The zero-order valence-electron chi connectivity index (χ0n) is 20.4. The number of aromatic hydroxyl groups is 1. The number of benzene rings is 1. The topological polar surface area (TPSA) is 97.9 Å². The summed E-state index contributed by atoms with van der Waals surface area (Å²) in [5, 5.41) is 22.6. The van der Waals surface area contributed by atoms with Crippen LogP contribution in [-0.4, -0.2) is 64.0 Å². The van der Waals surface area contributed by atoms with Crippen molar-refractivity contribution in [2.24, 2.45) is 11.8 Å². The summed E-state index contributed by atoms with van der Waals surface area (Å²) >= 11 is 0. The lowest BCUT2D eigenvalue weighted by Crippen LogP contribution is -2.39. The number of phenolic OH excluding ortho intramolecular Hbond substituents is 1. The van der Waals surface area contributed by atoms with Crippen molar-refractivity contribution in [2.75, 3.05) is 31.1 Å². The van der Waals surface area contributed by atoms with Crippen molar-refractivity contribution in [1.29, 1.82) is 0 Å². The summed E-state index contributed by atoms with van der Waals surface area (Å²) in [5.41, 5.74) is 6.17. The highest BCUT2D eigenvalue weighted by Gasteiger charge is 2.55. The number of allylic oxidation sites excluding steroid dienone is 3. The molecule has 2 aliphatic carbocycles. The van der Waals surface area contributed by atoms with E-state index in [0.29, 0.717) is 12.8 Å². The Kier molecular flexibility index (Phi) is 4.82. The van der Waals surface area contributed by atoms with Crippen LogP contribution in [0.3, 0.4) is 0 Å². The fraction of sp³-hybridized carbons (Fsp3) is 0.517. The van der Waals surface area contributed by atoms with Crippen molar-refractivity contribution in [3.05, 3.63) is 45.7 Å². The number of nitrogens with zero attached hydrogens (tertiary/aromatic N) is 2. The van der Waals surface area contributed by atoms with Gasteiger partial charge in [0.2, 0.25) is 17.3 Å². The molecular formula is C29H31N2O5+. The molecule has 3 unspecified atom stereocenters. The number of Topliss-reactive ketones (excluding diaryl/α,β-unsaturated/α-hetero) is 3. The fourth-order valence-electron chi connectivity index (χ4n) is 7.69. The zero-order chi connectivity index (χ0) is 24.7. The molecule has 7 nitrogen and oxygen atoms in total. The number of phenols is 1. The first-order valence-electron chi connectivity index (χ1n) is 13.5. The van der Waals surface area contributed by atoms with Gasteiger partial charge in [0.1, 0.15) is 30.5 Å². The van der Waals surface area contributed by atoms with Gasteiger partial charge in [0.25, 0.3) is 0 Å². The number of ketones is 3. The number of aliphatic hydroxyl groups excluding tert-OH is 1. The normalized spacial score (nSPS) is 29.4. The number of hydrogen-bond acceptors (Lipinski definition) is 6. The molecule has 0 bridgehead atoms. The molecule has 1 aromatic rings. The van der Waals surface area contributed by atoms with Crippen molar-refractivity contribution in [2.45, 2.75) is 57.3 Å². The maximum Gasteiger partial charge on any atom is 0.214 e. The van der Waals surface area contributed by atoms with Crippen molar-refractivity contribution in [1.82, 2.24) is 0 Å². The second kappa shape index (κ2) is 7.89. The smallest absolute Gasteiger partial charge is 0.214 e. The number of carbonyl (C=O) groups is 3. The lowest BCUT2D eigenvalue weighted by Gasteiger charge is -2.38. The highest BCUT2D eigenvalue weighted by molar-refractivity contribution is 6.53. The minimum atomic E-state index is -1.29. The van der Waals surface area contributed by atoms with Gasteiger partial charge in [-0.3, -0.25) is 14.4 Å². The molecule has 0 amide bonds. The Hall–Kier alpha value is -3.22. The van der Waals surface area contributed by atoms with Crippen molar-refractivity contribution >= 4 is 28.7 Å². The van der Waals surface area contributed by atoms with Gasteiger partial charge in [0.15, 0.2) is 5.78 Å². The average Bonchev–Trinajstić information content (AvgIpc) is 3.11. The highest BCUT2D eigenvalue weighted by atomic mass is 16.3. The number of rotatable bonds is 2. The second-order valence-corrected chi connectivity index (χ2v) is 11.2. The van der Waals surface area contributed by atoms with Gasteiger partial charge in [-0.1, -0.05) is 6.08 Å². The molecule has 1 fully saturated rings. The Bertz CT molecular complexity index is 1340. The first kappa shape index (κ1) is 22.0. The van der Waals surface area contributed by atoms with Gasteiger partial charge in [-0.05, 0) is 50.2 Å². The minimum absolute atomic E-state index is 0.00380. The molecule has 7 rings (SSSR count). The van der Waals surface area contributed by atoms with Crippen LogP contribution in [0.2, 0.25) is 0 Å². The molecule has 1 saturated carbocycles. The Morgan fingerprint density at radius 1 is 0.889 bits per heavy atom. The molecule has 2 N–H and O–H groups in total. The SMILES string of the molecule is O=C1C(=O)C(C2C=C3CCC[N+]4=C3C(=C2O)CCC4)C(=O)C1c1cc2c3c(c1O)CCCN3CCC2. The van der Waals surface area contributed by atoms with Crippen LogP contribution >= 0.6 is 0 Å². The molecule has 0 saturated heterocycles. The van der Waals surface area contributed by atoms with Crippen LogP contribution in [0.4, 0.5) is 5.69 Å². The molecule has 7 heteroatoms. The lowest BCUT2D eigenvalue weighted by molar-refractivity contribution is -0.533. The zero-order valence-corrected chi connectivity index (χ0v) is 20.4. The van der Waals surface area contributed by atoms with Crippen molar-refractivity contribution in [3.63, 3.8) is 0 Å². The van der Waals surface area contributed by atoms with Crippen LogP contribution in [0.25, 0.3) is 0 Å². The van der Waals surface area contributed by atoms with E-state index in [1.807, 2.05) is 6.08 Å². The van der Waals surface area contributed by atoms with Crippen LogP contribution in [0.5, 0.6) is 5.75 Å². The molecule has 0 aromatic heterocycles. The number of hydrogen-bond donors (Lipinski definition) is 2. The third-order valence-electron chi connectivity index (χ3n) is 9.21. The van der Waals surface area contributed by atoms with E-state index in [4.69, 9.17) is 0 Å². The maximum atomic E-state index is 13.9. The predicted octanol–water partition coefficient (Wildman–Crippen LogP) is 2.92. The molecule has 36 heavy (non-hydrogen) atoms. The standard InChI is InChI=1S/C29H30N2O5/c32-25-17-7-3-11-30-9-1-5-15(23(17)30)13-19(25)21-27(34)22(29(36)28(21)35)20-14-16-6-2-10-31-12-4-8-18(24(16)31)26(20)33/h13-14,19,21-22,33H,1-12H2/p+1. The van der Waals surface area contributed by atoms with Gasteiger partial charge in [-0.25, -0.2) is 4.58 Å². The first-order chi connectivity index (χ1) is 17.5. The number of aryl methyl sites for hydroxylation is 1. The van der Waals surface area contributed by atoms with Gasteiger partial charge in [-0.2, -0.15) is 0 Å². The molecule has 0 radical (unpaired) electrons. The number of aliphatic hydroxyl groups is 1. The summed E-state index contributed by atoms with van der Waals surface area (Å²) in [6, 6.07) is 1.80. The lowest BCUT2D eigenvalue weighted by atomic mass is 9.75. The van der Waals surface area contributed by atoms with Gasteiger partial charge in [0, 0.05) is 48.3 Å². The summed E-state index contributed by atoms with van der Waals surface area (Å²) in [7, 11) is 0. The van der Waals surface area contributed by atoms with Crippen LogP contribution in [0.15, 0.2) is 29.0 Å². The third-order valence-corrected chi connectivity index (χ3v) is 9.21. The quantitative estimate of drug-likeness (QED) is 0.378. The molecular weight excluding hydrogens is 456 g/mol. The molecule has 3 atom stereocenters. The van der Waals surface area contributed by atoms with Gasteiger partial charge >= 0.3 is 0 Å². The first-order valence-corrected chi connectivity index (χ1v) is 13.5. The van der Waals surface area contributed by atoms with Crippen molar-refractivity contribution < 1.29 is 29.2 Å². The van der Waals surface area contributed by atoms with E-state index in [2.05, 4.69) is 9.48 Å². The average molecular weight is 488 g/mol. The van der Waals surface area contributed by atoms with E-state index >= 15 is 0 Å². The molecule has 6 aliphatic rings. The van der Waals surface area contributed by atoms with Gasteiger partial charge in [-0.15, -0.1) is 0 Å². The largest absolute Gasteiger partial charge is 0.511 e. The van der Waals surface area contributed by atoms with E-state index in [1.54, 1.807) is 6.07 Å². The van der Waals surface area contributed by atoms with Gasteiger partial charge < -0.3 is 15.1 Å². The summed E-state index contributed by atoms with van der Waals surface area (Å²) in [5.74, 6) is -5.25. The summed E-state index contributed by atoms with van der Waals surface area (Å²) in [4.78, 5) is 42.9. The molecule has 186 valence electrons. The van der Waals surface area contributed by atoms with E-state index in [9.17, 15) is 24.6 Å². The Balaban J connectivity index is 1.31. The van der Waals surface area contributed by atoms with E-state index in [-0.39, 0.29) is 17.1 Å². The van der Waals surface area contributed by atoms with E-state index < -0.39 is 35.1 Å². The third kappa shape index (κ3) is 2.91. The van der Waals surface area contributed by atoms with Crippen LogP contribution in [-0.2, 0) is 27.2 Å². The second-order valence-electron chi connectivity index (χ2n) is 11.2. The van der Waals surface area contributed by atoms with Crippen LogP contribution in [0.1, 0.15) is 61.1 Å². The van der Waals surface area contributed by atoms with E-state index in [1.165, 1.54) is 0 Å². The summed E-state index contributed by atoms with van der Waals surface area (Å²) < 4.78 is 2.30. The van der Waals surface area contributed by atoms with Crippen LogP contribution in [0, 0.1) is 11.8 Å². The minimum Gasteiger partial charge on any atom is -0.511 e. The van der Waals surface area contributed by atoms with Gasteiger partial charge in [0.05, 0.1) is 17.4 Å². The number of carbonyl (C=O) groups excluding carboxylic acids is 3. The predicted molar refractivity (Wildman–Crippen MR) is 133 cm³/mol. The summed E-state index contributed by atoms with van der Waals surface area (Å²) in [6.45, 7) is 3.80. The summed E-state index contributed by atoms with van der Waals surface area (Å²) in [6.07, 6.45) is 8.75. The fourth-order valence-corrected chi connectivity index (χ4v) is 7.69. The Morgan fingerprint density at radius 2 is 1.64 bits per heavy atom. The highest BCUT2D eigenvalue weighted by Crippen LogP contribution is 2.48. The van der Waals surface area contributed by atoms with Crippen molar-refractivity contribution in [3.8, 4) is 5.75 Å². The Labute approximate surface area is 209 Å². The monoisotopic (exact) mass is 487 g/mol. The molecule has 1 aromatic carbocycles. The molecule has 4 aliphatic heterocycles. The number of anilines is 1. The Morgan fingerprint density at radius 3 is 2.44 bits per heavy atom.